The predicted molar refractivity (Wildman–Crippen MR) is 71.9 cm³/mol. The number of rotatable bonds is 5. The van der Waals surface area contributed by atoms with Crippen LogP contribution in [0.4, 0.5) is 0 Å². The molecule has 1 aromatic rings. The lowest BCUT2D eigenvalue weighted by atomic mass is 10.0. The smallest absolute Gasteiger partial charge is 0.231 e. The molecule has 100 valence electrons. The highest BCUT2D eigenvalue weighted by molar-refractivity contribution is 9.10. The highest BCUT2D eigenvalue weighted by Crippen LogP contribution is 2.19. The zero-order valence-corrected chi connectivity index (χ0v) is 11.8. The van der Waals surface area contributed by atoms with Gasteiger partial charge in [-0.05, 0) is 54.0 Å². The summed E-state index contributed by atoms with van der Waals surface area (Å²) in [5.41, 5.74) is 5.32. The van der Waals surface area contributed by atoms with Crippen LogP contribution in [0.15, 0.2) is 21.2 Å². The van der Waals surface area contributed by atoms with Crippen molar-refractivity contribution in [3.8, 4) is 0 Å². The average molecular weight is 316 g/mol. The van der Waals surface area contributed by atoms with Crippen molar-refractivity contribution in [2.45, 2.75) is 25.4 Å². The number of carbonyl (C=O) groups excluding carboxylic acids is 1. The standard InChI is InChI=1S/C12H18BrN3O2/c13-11-2-1-10(18-11)7-16(8-12(14)17)9-3-5-15-6-4-9/h1-2,9,15H,3-8H2,(H2,14,17). The third-order valence-electron chi connectivity index (χ3n) is 3.17. The maximum absolute atomic E-state index is 11.2. The molecule has 0 aliphatic carbocycles. The molecule has 1 saturated heterocycles. The van der Waals surface area contributed by atoms with E-state index in [1.165, 1.54) is 0 Å². The molecule has 6 heteroatoms. The first-order chi connectivity index (χ1) is 8.65. The minimum Gasteiger partial charge on any atom is -0.453 e. The molecule has 0 aromatic carbocycles. The van der Waals surface area contributed by atoms with Gasteiger partial charge in [-0.2, -0.15) is 0 Å². The number of nitrogens with zero attached hydrogens (tertiary/aromatic N) is 1. The molecule has 0 saturated carbocycles. The van der Waals surface area contributed by atoms with Crippen molar-refractivity contribution in [1.82, 2.24) is 10.2 Å². The molecule has 1 aliphatic rings. The van der Waals surface area contributed by atoms with Crippen LogP contribution in [-0.2, 0) is 11.3 Å². The maximum atomic E-state index is 11.2. The fourth-order valence-corrected chi connectivity index (χ4v) is 2.66. The van der Waals surface area contributed by atoms with Crippen LogP contribution >= 0.6 is 15.9 Å². The van der Waals surface area contributed by atoms with Crippen LogP contribution in [0.3, 0.4) is 0 Å². The Morgan fingerprint density at radius 2 is 2.22 bits per heavy atom. The van der Waals surface area contributed by atoms with E-state index in [2.05, 4.69) is 26.1 Å². The molecular formula is C12H18BrN3O2. The maximum Gasteiger partial charge on any atom is 0.231 e. The molecule has 2 heterocycles. The Morgan fingerprint density at radius 3 is 2.78 bits per heavy atom. The second-order valence-corrected chi connectivity index (χ2v) is 5.34. The lowest BCUT2D eigenvalue weighted by Gasteiger charge is -2.33. The summed E-state index contributed by atoms with van der Waals surface area (Å²) in [6.07, 6.45) is 2.07. The van der Waals surface area contributed by atoms with Gasteiger partial charge in [-0.25, -0.2) is 0 Å². The largest absolute Gasteiger partial charge is 0.453 e. The van der Waals surface area contributed by atoms with E-state index in [9.17, 15) is 4.79 Å². The van der Waals surface area contributed by atoms with Gasteiger partial charge in [0.25, 0.3) is 0 Å². The summed E-state index contributed by atoms with van der Waals surface area (Å²) in [5.74, 6) is 0.556. The van der Waals surface area contributed by atoms with Gasteiger partial charge < -0.3 is 15.5 Å². The van der Waals surface area contributed by atoms with E-state index in [1.54, 1.807) is 0 Å². The summed E-state index contributed by atoms with van der Waals surface area (Å²) in [6, 6.07) is 4.17. The van der Waals surface area contributed by atoms with Gasteiger partial charge in [0.15, 0.2) is 4.67 Å². The number of furan rings is 1. The van der Waals surface area contributed by atoms with Gasteiger partial charge in [-0.1, -0.05) is 0 Å². The summed E-state index contributed by atoms with van der Waals surface area (Å²) in [7, 11) is 0. The summed E-state index contributed by atoms with van der Waals surface area (Å²) in [6.45, 7) is 2.88. The summed E-state index contributed by atoms with van der Waals surface area (Å²) < 4.78 is 6.20. The molecule has 0 unspecified atom stereocenters. The third-order valence-corrected chi connectivity index (χ3v) is 3.60. The Labute approximate surface area is 115 Å². The fraction of sp³-hybridized carbons (Fsp3) is 0.583. The van der Waals surface area contributed by atoms with E-state index in [1.807, 2.05) is 12.1 Å². The van der Waals surface area contributed by atoms with E-state index in [0.717, 1.165) is 31.7 Å². The van der Waals surface area contributed by atoms with Crippen molar-refractivity contribution in [2.75, 3.05) is 19.6 Å². The lowest BCUT2D eigenvalue weighted by molar-refractivity contribution is -0.120. The SMILES string of the molecule is NC(=O)CN(Cc1ccc(Br)o1)C1CCNCC1. The number of hydrogen-bond donors (Lipinski definition) is 2. The van der Waals surface area contributed by atoms with Gasteiger partial charge in [0.1, 0.15) is 5.76 Å². The molecule has 0 spiro atoms. The third kappa shape index (κ3) is 3.83. The zero-order chi connectivity index (χ0) is 13.0. The second-order valence-electron chi connectivity index (χ2n) is 4.56. The molecule has 1 aromatic heterocycles. The predicted octanol–water partition coefficient (Wildman–Crippen LogP) is 1.08. The van der Waals surface area contributed by atoms with E-state index in [0.29, 0.717) is 17.3 Å². The Kier molecular flexibility index (Phi) is 4.79. The lowest BCUT2D eigenvalue weighted by Crippen LogP contribution is -2.46. The van der Waals surface area contributed by atoms with Gasteiger partial charge in [-0.15, -0.1) is 0 Å². The van der Waals surface area contributed by atoms with Gasteiger partial charge >= 0.3 is 0 Å². The van der Waals surface area contributed by atoms with Crippen molar-refractivity contribution in [2.24, 2.45) is 5.73 Å². The van der Waals surface area contributed by atoms with Crippen molar-refractivity contribution in [3.05, 3.63) is 22.6 Å². The minimum atomic E-state index is -0.292. The number of halogens is 1. The molecule has 0 radical (unpaired) electrons. The van der Waals surface area contributed by atoms with Crippen molar-refractivity contribution in [3.63, 3.8) is 0 Å². The van der Waals surface area contributed by atoms with Crippen LogP contribution < -0.4 is 11.1 Å². The first-order valence-electron chi connectivity index (χ1n) is 6.12. The monoisotopic (exact) mass is 315 g/mol. The van der Waals surface area contributed by atoms with Crippen molar-refractivity contribution >= 4 is 21.8 Å². The van der Waals surface area contributed by atoms with Crippen LogP contribution in [0.25, 0.3) is 0 Å². The Hall–Kier alpha value is -0.850. The van der Waals surface area contributed by atoms with Crippen LogP contribution in [-0.4, -0.2) is 36.5 Å². The summed E-state index contributed by atoms with van der Waals surface area (Å²) in [4.78, 5) is 13.3. The van der Waals surface area contributed by atoms with Crippen molar-refractivity contribution in [1.29, 1.82) is 0 Å². The van der Waals surface area contributed by atoms with Gasteiger partial charge in [0, 0.05) is 6.04 Å². The van der Waals surface area contributed by atoms with E-state index in [-0.39, 0.29) is 12.5 Å². The Balaban J connectivity index is 2.01. The topological polar surface area (TPSA) is 71.5 Å². The number of hydrogen-bond acceptors (Lipinski definition) is 4. The molecule has 18 heavy (non-hydrogen) atoms. The number of nitrogens with two attached hydrogens (primary N) is 1. The fourth-order valence-electron chi connectivity index (χ4n) is 2.32. The summed E-state index contributed by atoms with van der Waals surface area (Å²) in [5, 5.41) is 3.32. The van der Waals surface area contributed by atoms with Crippen LogP contribution in [0.1, 0.15) is 18.6 Å². The Bertz CT molecular complexity index is 402. The van der Waals surface area contributed by atoms with Crippen LogP contribution in [0, 0.1) is 0 Å². The van der Waals surface area contributed by atoms with Crippen LogP contribution in [0.5, 0.6) is 0 Å². The number of nitrogens with one attached hydrogen (secondary N) is 1. The van der Waals surface area contributed by atoms with Gasteiger partial charge in [0.05, 0.1) is 13.1 Å². The van der Waals surface area contributed by atoms with Crippen LogP contribution in [0.2, 0.25) is 0 Å². The number of carbonyl (C=O) groups is 1. The second kappa shape index (κ2) is 6.36. The summed E-state index contributed by atoms with van der Waals surface area (Å²) >= 11 is 3.28. The molecule has 2 rings (SSSR count). The number of piperidine rings is 1. The molecule has 1 aliphatic heterocycles. The first kappa shape index (κ1) is 13.6. The highest BCUT2D eigenvalue weighted by atomic mass is 79.9. The molecule has 1 amide bonds. The van der Waals surface area contributed by atoms with E-state index < -0.39 is 0 Å². The van der Waals surface area contributed by atoms with E-state index in [4.69, 9.17) is 10.2 Å². The van der Waals surface area contributed by atoms with Crippen molar-refractivity contribution < 1.29 is 9.21 Å². The van der Waals surface area contributed by atoms with Gasteiger partial charge in [0.2, 0.25) is 5.91 Å². The average Bonchev–Trinajstić information content (AvgIpc) is 2.75. The highest BCUT2D eigenvalue weighted by Gasteiger charge is 2.23. The molecule has 0 bridgehead atoms. The zero-order valence-electron chi connectivity index (χ0n) is 10.2. The quantitative estimate of drug-likeness (QED) is 0.853. The minimum absolute atomic E-state index is 0.281. The molecule has 3 N–H and O–H groups in total. The normalized spacial score (nSPS) is 17.2. The number of primary amides is 1. The first-order valence-corrected chi connectivity index (χ1v) is 6.92. The number of amides is 1. The van der Waals surface area contributed by atoms with E-state index >= 15 is 0 Å². The van der Waals surface area contributed by atoms with Gasteiger partial charge in [-0.3, -0.25) is 9.69 Å². The molecule has 1 fully saturated rings. The molecule has 5 nitrogen and oxygen atoms in total. The molecule has 0 atom stereocenters. The molecular weight excluding hydrogens is 298 g/mol. The Morgan fingerprint density at radius 1 is 1.50 bits per heavy atom.